The van der Waals surface area contributed by atoms with Crippen LogP contribution in [-0.4, -0.2) is 5.78 Å². The van der Waals surface area contributed by atoms with Crippen LogP contribution in [0, 0.1) is 6.92 Å². The minimum absolute atomic E-state index is 0.0110. The molecule has 0 radical (unpaired) electrons. The molecule has 0 aliphatic heterocycles. The van der Waals surface area contributed by atoms with Crippen molar-refractivity contribution in [2.45, 2.75) is 13.3 Å². The van der Waals surface area contributed by atoms with Crippen molar-refractivity contribution in [3.63, 3.8) is 0 Å². The first-order valence-electron chi connectivity index (χ1n) is 4.98. The Morgan fingerprint density at radius 1 is 1.38 bits per heavy atom. The van der Waals surface area contributed by atoms with Gasteiger partial charge in [0.15, 0.2) is 5.78 Å². The second-order valence-electron chi connectivity index (χ2n) is 3.64. The smallest absolute Gasteiger partial charge is 0.170 e. The Kier molecular flexibility index (Phi) is 3.11. The standard InChI is InChI=1S/C13H11ClO2/c1-9-4-5-10(7-12(9)14)13(15)8-11-3-2-6-16-11/h2-7H,8H2,1H3. The van der Waals surface area contributed by atoms with E-state index in [-0.39, 0.29) is 12.2 Å². The predicted octanol–water partition coefficient (Wildman–Crippen LogP) is 3.67. The molecule has 2 aromatic rings. The Labute approximate surface area is 98.8 Å². The van der Waals surface area contributed by atoms with E-state index in [0.717, 1.165) is 5.56 Å². The number of carbonyl (C=O) groups excluding carboxylic acids is 1. The van der Waals surface area contributed by atoms with Gasteiger partial charge in [0.05, 0.1) is 12.7 Å². The molecule has 2 nitrogen and oxygen atoms in total. The lowest BCUT2D eigenvalue weighted by Gasteiger charge is -2.02. The summed E-state index contributed by atoms with van der Waals surface area (Å²) >= 11 is 5.96. The molecule has 0 aliphatic carbocycles. The van der Waals surface area contributed by atoms with Crippen molar-refractivity contribution in [1.82, 2.24) is 0 Å². The predicted molar refractivity (Wildman–Crippen MR) is 62.9 cm³/mol. The van der Waals surface area contributed by atoms with E-state index in [4.69, 9.17) is 16.0 Å². The fraction of sp³-hybridized carbons (Fsp3) is 0.154. The quantitative estimate of drug-likeness (QED) is 0.759. The zero-order valence-corrected chi connectivity index (χ0v) is 9.62. The van der Waals surface area contributed by atoms with E-state index in [1.807, 2.05) is 13.0 Å². The Balaban J connectivity index is 2.18. The SMILES string of the molecule is Cc1ccc(C(=O)Cc2ccco2)cc1Cl. The highest BCUT2D eigenvalue weighted by Crippen LogP contribution is 2.18. The molecule has 0 N–H and O–H groups in total. The van der Waals surface area contributed by atoms with E-state index < -0.39 is 0 Å². The summed E-state index contributed by atoms with van der Waals surface area (Å²) in [4.78, 5) is 11.9. The summed E-state index contributed by atoms with van der Waals surface area (Å²) in [7, 11) is 0. The Hall–Kier alpha value is -1.54. The lowest BCUT2D eigenvalue weighted by Crippen LogP contribution is -2.02. The Morgan fingerprint density at radius 3 is 2.81 bits per heavy atom. The second-order valence-corrected chi connectivity index (χ2v) is 4.05. The van der Waals surface area contributed by atoms with Gasteiger partial charge < -0.3 is 4.42 Å². The molecule has 1 aromatic carbocycles. The van der Waals surface area contributed by atoms with Gasteiger partial charge >= 0.3 is 0 Å². The van der Waals surface area contributed by atoms with Gasteiger partial charge in [-0.05, 0) is 30.7 Å². The van der Waals surface area contributed by atoms with Gasteiger partial charge in [-0.2, -0.15) is 0 Å². The van der Waals surface area contributed by atoms with E-state index in [9.17, 15) is 4.79 Å². The zero-order chi connectivity index (χ0) is 11.5. The lowest BCUT2D eigenvalue weighted by atomic mass is 10.1. The summed E-state index contributed by atoms with van der Waals surface area (Å²) in [5.41, 5.74) is 1.59. The highest BCUT2D eigenvalue weighted by molar-refractivity contribution is 6.31. The highest BCUT2D eigenvalue weighted by Gasteiger charge is 2.09. The number of ketones is 1. The molecule has 3 heteroatoms. The van der Waals surface area contributed by atoms with Crippen molar-refractivity contribution in [3.05, 3.63) is 58.5 Å². The first-order valence-corrected chi connectivity index (χ1v) is 5.36. The number of rotatable bonds is 3. The van der Waals surface area contributed by atoms with Crippen molar-refractivity contribution in [2.24, 2.45) is 0 Å². The molecule has 0 saturated heterocycles. The fourth-order valence-electron chi connectivity index (χ4n) is 1.44. The van der Waals surface area contributed by atoms with Crippen LogP contribution >= 0.6 is 11.6 Å². The second kappa shape index (κ2) is 4.54. The summed E-state index contributed by atoms with van der Waals surface area (Å²) in [5, 5.41) is 0.616. The summed E-state index contributed by atoms with van der Waals surface area (Å²) in [6, 6.07) is 8.88. The van der Waals surface area contributed by atoms with Crippen LogP contribution in [0.25, 0.3) is 0 Å². The lowest BCUT2D eigenvalue weighted by molar-refractivity contribution is 0.0987. The van der Waals surface area contributed by atoms with Crippen LogP contribution in [0.2, 0.25) is 5.02 Å². The highest BCUT2D eigenvalue weighted by atomic mass is 35.5. The van der Waals surface area contributed by atoms with Crippen LogP contribution < -0.4 is 0 Å². The fourth-order valence-corrected chi connectivity index (χ4v) is 1.62. The van der Waals surface area contributed by atoms with Gasteiger partial charge in [0, 0.05) is 10.6 Å². The number of carbonyl (C=O) groups is 1. The van der Waals surface area contributed by atoms with Crippen LogP contribution in [0.1, 0.15) is 21.7 Å². The van der Waals surface area contributed by atoms with E-state index >= 15 is 0 Å². The van der Waals surface area contributed by atoms with E-state index in [2.05, 4.69) is 0 Å². The van der Waals surface area contributed by atoms with Gasteiger partial charge in [-0.15, -0.1) is 0 Å². The molecule has 82 valence electrons. The number of furan rings is 1. The maximum atomic E-state index is 11.9. The van der Waals surface area contributed by atoms with Gasteiger partial charge in [0.2, 0.25) is 0 Å². The third-order valence-corrected chi connectivity index (χ3v) is 2.82. The molecule has 1 heterocycles. The maximum Gasteiger partial charge on any atom is 0.170 e. The van der Waals surface area contributed by atoms with Gasteiger partial charge in [-0.25, -0.2) is 0 Å². The first kappa shape index (κ1) is 11.0. The average Bonchev–Trinajstić information content (AvgIpc) is 2.74. The van der Waals surface area contributed by atoms with Crippen LogP contribution in [-0.2, 0) is 6.42 Å². The van der Waals surface area contributed by atoms with Crippen LogP contribution in [0.15, 0.2) is 41.0 Å². The topological polar surface area (TPSA) is 30.2 Å². The largest absolute Gasteiger partial charge is 0.469 e. The number of hydrogen-bond acceptors (Lipinski definition) is 2. The molecule has 16 heavy (non-hydrogen) atoms. The van der Waals surface area contributed by atoms with Gasteiger partial charge in [0.25, 0.3) is 0 Å². The molecule has 0 saturated carbocycles. The van der Waals surface area contributed by atoms with Gasteiger partial charge in [-0.1, -0.05) is 23.7 Å². The number of aryl methyl sites for hydroxylation is 1. The molecule has 0 unspecified atom stereocenters. The molecule has 0 atom stereocenters. The number of benzene rings is 1. The number of hydrogen-bond donors (Lipinski definition) is 0. The van der Waals surface area contributed by atoms with Gasteiger partial charge in [0.1, 0.15) is 5.76 Å². The minimum Gasteiger partial charge on any atom is -0.469 e. The van der Waals surface area contributed by atoms with E-state index in [1.54, 1.807) is 30.5 Å². The minimum atomic E-state index is 0.0110. The molecule has 0 bridgehead atoms. The number of halogens is 1. The van der Waals surface area contributed by atoms with Crippen LogP contribution in [0.3, 0.4) is 0 Å². The monoisotopic (exact) mass is 234 g/mol. The molecule has 0 fully saturated rings. The number of Topliss-reactive ketones (excluding diaryl/α,β-unsaturated/α-hetero) is 1. The first-order chi connectivity index (χ1) is 7.66. The Morgan fingerprint density at radius 2 is 2.19 bits per heavy atom. The van der Waals surface area contributed by atoms with Gasteiger partial charge in [-0.3, -0.25) is 4.79 Å². The van der Waals surface area contributed by atoms with Crippen molar-refractivity contribution in [2.75, 3.05) is 0 Å². The summed E-state index contributed by atoms with van der Waals surface area (Å²) < 4.78 is 5.13. The van der Waals surface area contributed by atoms with Crippen molar-refractivity contribution >= 4 is 17.4 Å². The van der Waals surface area contributed by atoms with E-state index in [0.29, 0.717) is 16.3 Å². The van der Waals surface area contributed by atoms with E-state index in [1.165, 1.54) is 0 Å². The summed E-state index contributed by atoms with van der Waals surface area (Å²) in [6.45, 7) is 1.91. The molecular formula is C13H11ClO2. The zero-order valence-electron chi connectivity index (χ0n) is 8.87. The molecule has 0 amide bonds. The maximum absolute atomic E-state index is 11.9. The third kappa shape index (κ3) is 2.34. The summed E-state index contributed by atoms with van der Waals surface area (Å²) in [6.07, 6.45) is 1.83. The van der Waals surface area contributed by atoms with Crippen molar-refractivity contribution < 1.29 is 9.21 Å². The molecular weight excluding hydrogens is 224 g/mol. The summed E-state index contributed by atoms with van der Waals surface area (Å²) in [5.74, 6) is 0.679. The van der Waals surface area contributed by atoms with Crippen LogP contribution in [0.4, 0.5) is 0 Å². The Bertz CT molecular complexity index is 501. The normalized spacial score (nSPS) is 10.4. The molecule has 0 spiro atoms. The van der Waals surface area contributed by atoms with Crippen LogP contribution in [0.5, 0.6) is 0 Å². The molecule has 2 rings (SSSR count). The molecule has 1 aromatic heterocycles. The van der Waals surface area contributed by atoms with Crippen molar-refractivity contribution in [3.8, 4) is 0 Å². The molecule has 0 aliphatic rings. The van der Waals surface area contributed by atoms with Crippen molar-refractivity contribution in [1.29, 1.82) is 0 Å². The average molecular weight is 235 g/mol. The third-order valence-electron chi connectivity index (χ3n) is 2.41.